The van der Waals surface area contributed by atoms with E-state index in [1.807, 2.05) is 72.8 Å². The maximum atomic E-state index is 7.42. The van der Waals surface area contributed by atoms with E-state index in [1.165, 1.54) is 11.1 Å². The minimum atomic E-state index is -1.36. The highest BCUT2D eigenvalue weighted by atomic mass is 35.5. The zero-order valence-electron chi connectivity index (χ0n) is 33.7. The quantitative estimate of drug-likeness (QED) is 0.0966. The van der Waals surface area contributed by atoms with Crippen LogP contribution >= 0.6 is 22.9 Å². The molecule has 306 valence electrons. The molecule has 6 nitrogen and oxygen atoms in total. The summed E-state index contributed by atoms with van der Waals surface area (Å²) in [5, 5.41) is 1.08. The van der Waals surface area contributed by atoms with Crippen LogP contribution in [0.4, 0.5) is 0 Å². The van der Waals surface area contributed by atoms with Gasteiger partial charge in [0.2, 0.25) is 5.79 Å². The van der Waals surface area contributed by atoms with E-state index in [0.717, 1.165) is 59.8 Å². The Morgan fingerprint density at radius 2 is 1.15 bits per heavy atom. The molecule has 0 amide bonds. The number of hydrogen-bond donors (Lipinski definition) is 0. The monoisotopic (exact) mass is 836 g/mol. The normalized spacial score (nSPS) is 21.1. The average Bonchev–Trinajstić information content (AvgIpc) is 3.80. The van der Waals surface area contributed by atoms with E-state index < -0.39 is 30.2 Å². The van der Waals surface area contributed by atoms with E-state index in [2.05, 4.69) is 91.9 Å². The third kappa shape index (κ3) is 9.01. The lowest BCUT2D eigenvalue weighted by Gasteiger charge is -2.51. The highest BCUT2D eigenvalue weighted by Gasteiger charge is 2.61. The van der Waals surface area contributed by atoms with Crippen LogP contribution < -0.4 is 0 Å². The van der Waals surface area contributed by atoms with Crippen molar-refractivity contribution in [1.29, 1.82) is 0 Å². The van der Waals surface area contributed by atoms with Crippen LogP contribution in [-0.2, 0) is 80.1 Å². The molecule has 60 heavy (non-hydrogen) atoms. The SMILES string of the molecule is CCc1ccc(Cc2c(Cl)sc3cc4c(cc23)[C@]2(OC4)O[C@H](COCc3ccccc3)[C@H](OCc3ccccc3)[C@H](OCc3ccccc3)[C@H]2OCc2ccccc2)cc1. The molecule has 7 aromatic rings. The molecule has 0 N–H and O–H groups in total. The Morgan fingerprint density at radius 3 is 1.73 bits per heavy atom. The van der Waals surface area contributed by atoms with E-state index in [-0.39, 0.29) is 6.61 Å². The van der Waals surface area contributed by atoms with Gasteiger partial charge in [0.15, 0.2) is 0 Å². The summed E-state index contributed by atoms with van der Waals surface area (Å²) >= 11 is 8.71. The van der Waals surface area contributed by atoms with Crippen LogP contribution in [-0.4, -0.2) is 31.0 Å². The van der Waals surface area contributed by atoms with Gasteiger partial charge >= 0.3 is 0 Å². The summed E-state index contributed by atoms with van der Waals surface area (Å²) in [5.74, 6) is -1.36. The van der Waals surface area contributed by atoms with Gasteiger partial charge < -0.3 is 28.4 Å². The van der Waals surface area contributed by atoms with Gasteiger partial charge in [0.25, 0.3) is 0 Å². The molecule has 0 radical (unpaired) electrons. The zero-order chi connectivity index (χ0) is 40.7. The van der Waals surface area contributed by atoms with E-state index in [0.29, 0.717) is 39.5 Å². The minimum absolute atomic E-state index is 0.233. The largest absolute Gasteiger partial charge is 0.374 e. The fraction of sp³-hybridized carbons (Fsp3) is 0.269. The predicted octanol–water partition coefficient (Wildman–Crippen LogP) is 11.8. The number of thiophene rings is 1. The van der Waals surface area contributed by atoms with Gasteiger partial charge in [-0.15, -0.1) is 11.3 Å². The first-order chi connectivity index (χ1) is 29.6. The number of aryl methyl sites for hydroxylation is 1. The lowest BCUT2D eigenvalue weighted by atomic mass is 9.86. The third-order valence-electron chi connectivity index (χ3n) is 11.5. The Labute approximate surface area is 361 Å². The van der Waals surface area contributed by atoms with E-state index in [1.54, 1.807) is 11.3 Å². The number of rotatable bonds is 16. The molecule has 3 heterocycles. The van der Waals surface area contributed by atoms with Crippen molar-refractivity contribution < 1.29 is 28.4 Å². The van der Waals surface area contributed by atoms with Crippen LogP contribution in [0.25, 0.3) is 10.1 Å². The molecule has 6 aromatic carbocycles. The summed E-state index contributed by atoms with van der Waals surface area (Å²) in [5.41, 5.74) is 9.73. The molecule has 1 aromatic heterocycles. The van der Waals surface area contributed by atoms with Crippen molar-refractivity contribution in [3.63, 3.8) is 0 Å². The van der Waals surface area contributed by atoms with Crippen LogP contribution in [0.3, 0.4) is 0 Å². The van der Waals surface area contributed by atoms with Crippen LogP contribution in [0.15, 0.2) is 158 Å². The van der Waals surface area contributed by atoms with Gasteiger partial charge in [-0.1, -0.05) is 164 Å². The molecular weight excluding hydrogens is 788 g/mol. The van der Waals surface area contributed by atoms with E-state index >= 15 is 0 Å². The van der Waals surface area contributed by atoms with Crippen molar-refractivity contribution in [2.45, 2.75) is 83.0 Å². The van der Waals surface area contributed by atoms with Gasteiger partial charge in [0, 0.05) is 16.7 Å². The van der Waals surface area contributed by atoms with Gasteiger partial charge in [0.05, 0.1) is 44.0 Å². The van der Waals surface area contributed by atoms with Crippen LogP contribution in [0, 0.1) is 0 Å². The fourth-order valence-corrected chi connectivity index (χ4v) is 9.75. The Kier molecular flexibility index (Phi) is 12.9. The standard InChI is InChI=1S/C52H49ClO6S/c1-2-36-23-25-37(26-24-36)27-44-43-29-45-42(28-47(43)60-51(44)53)34-58-52(45)50(57-33-41-21-13-6-14-22-41)49(56-32-40-19-11-5-12-20-40)48(55-31-39-17-9-4-10-18-39)46(59-52)35-54-30-38-15-7-3-8-16-38/h3-26,28-29,46,48-50H,2,27,30-35H2,1H3/t46-,48+,49+,50-,52+/m1/s1. The number of halogens is 1. The first kappa shape index (κ1) is 40.7. The van der Waals surface area contributed by atoms with Gasteiger partial charge in [-0.05, 0) is 68.4 Å². The van der Waals surface area contributed by atoms with Crippen LogP contribution in [0.1, 0.15) is 57.0 Å². The Morgan fingerprint density at radius 1 is 0.617 bits per heavy atom. The summed E-state index contributed by atoms with van der Waals surface area (Å²) < 4.78 is 44.0. The number of hydrogen-bond acceptors (Lipinski definition) is 7. The maximum Gasteiger partial charge on any atom is 0.226 e. The number of benzene rings is 6. The topological polar surface area (TPSA) is 55.4 Å². The Bertz CT molecular complexity index is 2440. The lowest BCUT2D eigenvalue weighted by molar-refractivity contribution is -0.387. The van der Waals surface area contributed by atoms with E-state index in [9.17, 15) is 0 Å². The number of ether oxygens (including phenoxy) is 6. The molecule has 1 fully saturated rings. The summed E-state index contributed by atoms with van der Waals surface area (Å²) in [6.07, 6.45) is -0.871. The highest BCUT2D eigenvalue weighted by Crippen LogP contribution is 2.51. The van der Waals surface area contributed by atoms with E-state index in [4.69, 9.17) is 40.0 Å². The van der Waals surface area contributed by atoms with Crippen LogP contribution in [0.2, 0.25) is 4.34 Å². The zero-order valence-corrected chi connectivity index (χ0v) is 35.3. The average molecular weight is 837 g/mol. The molecule has 1 spiro atoms. The lowest BCUT2D eigenvalue weighted by Crippen LogP contribution is -2.65. The van der Waals surface area contributed by atoms with Gasteiger partial charge in [0.1, 0.15) is 24.4 Å². The second-order valence-corrected chi connectivity index (χ2v) is 17.2. The Balaban J connectivity index is 1.15. The Hall–Kier alpha value is -4.67. The molecule has 0 unspecified atom stereocenters. The van der Waals surface area contributed by atoms with Crippen molar-refractivity contribution in [3.05, 3.63) is 212 Å². The summed E-state index contributed by atoms with van der Waals surface area (Å²) in [7, 11) is 0. The summed E-state index contributed by atoms with van der Waals surface area (Å²) in [6, 6.07) is 54.1. The van der Waals surface area contributed by atoms with Gasteiger partial charge in [-0.3, -0.25) is 0 Å². The third-order valence-corrected chi connectivity index (χ3v) is 13.0. The minimum Gasteiger partial charge on any atom is -0.374 e. The molecule has 2 aliphatic heterocycles. The van der Waals surface area contributed by atoms with Crippen molar-refractivity contribution in [2.24, 2.45) is 0 Å². The van der Waals surface area contributed by atoms with Crippen molar-refractivity contribution >= 4 is 33.0 Å². The second-order valence-electron chi connectivity index (χ2n) is 15.6. The molecule has 5 atom stereocenters. The predicted molar refractivity (Wildman–Crippen MR) is 238 cm³/mol. The molecular formula is C52H49ClO6S. The van der Waals surface area contributed by atoms with Crippen LogP contribution in [0.5, 0.6) is 0 Å². The van der Waals surface area contributed by atoms with Gasteiger partial charge in [-0.25, -0.2) is 0 Å². The first-order valence-corrected chi connectivity index (χ1v) is 22.0. The maximum absolute atomic E-state index is 7.42. The van der Waals surface area contributed by atoms with Crippen molar-refractivity contribution in [3.8, 4) is 0 Å². The fourth-order valence-electron chi connectivity index (χ4n) is 8.34. The summed E-state index contributed by atoms with van der Waals surface area (Å²) in [4.78, 5) is 0. The molecule has 2 aliphatic rings. The highest BCUT2D eigenvalue weighted by molar-refractivity contribution is 7.23. The molecule has 0 aliphatic carbocycles. The second kappa shape index (κ2) is 18.9. The molecule has 8 heteroatoms. The van der Waals surface area contributed by atoms with Crippen molar-refractivity contribution in [1.82, 2.24) is 0 Å². The van der Waals surface area contributed by atoms with Crippen molar-refractivity contribution in [2.75, 3.05) is 6.61 Å². The first-order valence-electron chi connectivity index (χ1n) is 20.8. The van der Waals surface area contributed by atoms with Gasteiger partial charge in [-0.2, -0.15) is 0 Å². The molecule has 9 rings (SSSR count). The molecule has 0 saturated carbocycles. The summed E-state index contributed by atoms with van der Waals surface area (Å²) in [6.45, 7) is 4.15. The molecule has 1 saturated heterocycles. The number of fused-ring (bicyclic) bond motifs is 3. The molecule has 0 bridgehead atoms. The smallest absolute Gasteiger partial charge is 0.226 e.